The Balaban J connectivity index is 1.55. The van der Waals surface area contributed by atoms with Crippen molar-refractivity contribution in [1.82, 2.24) is 20.0 Å². The van der Waals surface area contributed by atoms with Crippen molar-refractivity contribution < 1.29 is 9.59 Å². The van der Waals surface area contributed by atoms with Gasteiger partial charge < -0.3 is 10.6 Å². The molecule has 0 atom stereocenters. The lowest BCUT2D eigenvalue weighted by atomic mass is 9.99. The molecule has 1 saturated heterocycles. The summed E-state index contributed by atoms with van der Waals surface area (Å²) >= 11 is 0. The first-order valence-corrected chi connectivity index (χ1v) is 10.4. The van der Waals surface area contributed by atoms with Crippen LogP contribution in [-0.2, 0) is 9.59 Å². The third-order valence-corrected chi connectivity index (χ3v) is 6.12. The molecular weight excluding hydrogens is 366 g/mol. The lowest BCUT2D eigenvalue weighted by Gasteiger charge is -2.40. The second kappa shape index (κ2) is 7.99. The average Bonchev–Trinajstić information content (AvgIpc) is 3.36. The van der Waals surface area contributed by atoms with Gasteiger partial charge in [0.1, 0.15) is 5.82 Å². The third kappa shape index (κ3) is 4.05. The fraction of sp³-hybridized carbons (Fsp3) is 0.500. The van der Waals surface area contributed by atoms with Gasteiger partial charge in [-0.05, 0) is 38.8 Å². The Morgan fingerprint density at radius 3 is 2.69 bits per heavy atom. The van der Waals surface area contributed by atoms with Crippen molar-refractivity contribution in [3.8, 4) is 5.69 Å². The van der Waals surface area contributed by atoms with Gasteiger partial charge in [0.2, 0.25) is 11.8 Å². The summed E-state index contributed by atoms with van der Waals surface area (Å²) < 4.78 is 1.82. The Hall–Kier alpha value is -2.67. The topological polar surface area (TPSA) is 79.3 Å². The van der Waals surface area contributed by atoms with Gasteiger partial charge >= 0.3 is 0 Å². The monoisotopic (exact) mass is 395 g/mol. The molecule has 1 aliphatic carbocycles. The number of hydrogen-bond acceptors (Lipinski definition) is 4. The summed E-state index contributed by atoms with van der Waals surface area (Å²) in [4.78, 5) is 26.9. The van der Waals surface area contributed by atoms with Crippen molar-refractivity contribution in [3.63, 3.8) is 0 Å². The van der Waals surface area contributed by atoms with E-state index in [-0.39, 0.29) is 18.4 Å². The highest BCUT2D eigenvalue weighted by molar-refractivity contribution is 5.93. The number of piperazine rings is 1. The molecule has 0 spiro atoms. The van der Waals surface area contributed by atoms with Gasteiger partial charge in [-0.2, -0.15) is 5.10 Å². The van der Waals surface area contributed by atoms with Crippen LogP contribution >= 0.6 is 0 Å². The number of para-hydroxylation sites is 1. The SMILES string of the molecule is CC1(C)C(=O)NCCN1CC(=O)Nc1cc(C2CCCC2)nn1-c1ccccc1. The molecule has 29 heavy (non-hydrogen) atoms. The molecule has 1 aliphatic heterocycles. The predicted molar refractivity (Wildman–Crippen MR) is 112 cm³/mol. The molecule has 7 heteroatoms. The van der Waals surface area contributed by atoms with Crippen LogP contribution < -0.4 is 10.6 Å². The van der Waals surface area contributed by atoms with Gasteiger partial charge in [-0.1, -0.05) is 31.0 Å². The van der Waals surface area contributed by atoms with Gasteiger partial charge in [-0.15, -0.1) is 0 Å². The van der Waals surface area contributed by atoms with Gasteiger partial charge in [0.15, 0.2) is 0 Å². The molecule has 1 aromatic carbocycles. The first kappa shape index (κ1) is 19.6. The molecule has 0 unspecified atom stereocenters. The Morgan fingerprint density at radius 2 is 1.97 bits per heavy atom. The van der Waals surface area contributed by atoms with Crippen LogP contribution in [-0.4, -0.2) is 51.7 Å². The van der Waals surface area contributed by atoms with E-state index in [9.17, 15) is 9.59 Å². The molecule has 2 fully saturated rings. The third-order valence-electron chi connectivity index (χ3n) is 6.12. The van der Waals surface area contributed by atoms with Crippen LogP contribution in [0, 0.1) is 0 Å². The molecule has 2 amide bonds. The largest absolute Gasteiger partial charge is 0.353 e. The van der Waals surface area contributed by atoms with E-state index in [1.54, 1.807) is 0 Å². The normalized spacial score (nSPS) is 19.9. The molecule has 0 bridgehead atoms. The van der Waals surface area contributed by atoms with Crippen molar-refractivity contribution in [2.45, 2.75) is 51.0 Å². The van der Waals surface area contributed by atoms with E-state index in [0.29, 0.717) is 24.8 Å². The van der Waals surface area contributed by atoms with E-state index < -0.39 is 5.54 Å². The molecule has 4 rings (SSSR count). The first-order valence-electron chi connectivity index (χ1n) is 10.4. The van der Waals surface area contributed by atoms with E-state index in [0.717, 1.165) is 24.2 Å². The predicted octanol–water partition coefficient (Wildman–Crippen LogP) is 2.68. The average molecular weight is 396 g/mol. The second-order valence-electron chi connectivity index (χ2n) is 8.47. The number of benzene rings is 1. The van der Waals surface area contributed by atoms with Crippen molar-refractivity contribution >= 4 is 17.6 Å². The number of anilines is 1. The zero-order chi connectivity index (χ0) is 20.4. The molecule has 2 N–H and O–H groups in total. The smallest absolute Gasteiger partial charge is 0.240 e. The van der Waals surface area contributed by atoms with Crippen LogP contribution in [0.1, 0.15) is 51.1 Å². The molecular formula is C22H29N5O2. The maximum absolute atomic E-state index is 12.9. The Kier molecular flexibility index (Phi) is 5.41. The Morgan fingerprint density at radius 1 is 1.24 bits per heavy atom. The van der Waals surface area contributed by atoms with Crippen molar-refractivity contribution in [2.24, 2.45) is 0 Å². The minimum Gasteiger partial charge on any atom is -0.353 e. The van der Waals surface area contributed by atoms with E-state index in [2.05, 4.69) is 10.6 Å². The Labute approximate surface area is 171 Å². The molecule has 2 heterocycles. The number of carbonyl (C=O) groups excluding carboxylic acids is 2. The highest BCUT2D eigenvalue weighted by Crippen LogP contribution is 2.35. The van der Waals surface area contributed by atoms with Crippen LogP contribution in [0.5, 0.6) is 0 Å². The number of amides is 2. The van der Waals surface area contributed by atoms with Crippen molar-refractivity contribution in [2.75, 3.05) is 25.0 Å². The van der Waals surface area contributed by atoms with Crippen LogP contribution in [0.2, 0.25) is 0 Å². The summed E-state index contributed by atoms with van der Waals surface area (Å²) in [5.41, 5.74) is 1.26. The van der Waals surface area contributed by atoms with Gasteiger partial charge in [0, 0.05) is 25.1 Å². The molecule has 0 radical (unpaired) electrons. The van der Waals surface area contributed by atoms with Crippen LogP contribution in [0.15, 0.2) is 36.4 Å². The lowest BCUT2D eigenvalue weighted by molar-refractivity contribution is -0.136. The minimum atomic E-state index is -0.704. The summed E-state index contributed by atoms with van der Waals surface area (Å²) in [6, 6.07) is 11.9. The second-order valence-corrected chi connectivity index (χ2v) is 8.47. The fourth-order valence-electron chi connectivity index (χ4n) is 4.25. The molecule has 2 aliphatic rings. The first-order chi connectivity index (χ1) is 13.9. The van der Waals surface area contributed by atoms with Gasteiger partial charge in [0.05, 0.1) is 23.5 Å². The number of aromatic nitrogens is 2. The van der Waals surface area contributed by atoms with Crippen molar-refractivity contribution in [1.29, 1.82) is 0 Å². The molecule has 7 nitrogen and oxygen atoms in total. The van der Waals surface area contributed by atoms with Gasteiger partial charge in [-0.25, -0.2) is 4.68 Å². The Bertz CT molecular complexity index is 884. The number of hydrogen-bond donors (Lipinski definition) is 2. The number of nitrogens with one attached hydrogen (secondary N) is 2. The lowest BCUT2D eigenvalue weighted by Crippen LogP contribution is -2.62. The number of rotatable bonds is 5. The summed E-state index contributed by atoms with van der Waals surface area (Å²) in [6.45, 7) is 5.07. The van der Waals surface area contributed by atoms with Crippen LogP contribution in [0.3, 0.4) is 0 Å². The molecule has 2 aromatic rings. The van der Waals surface area contributed by atoms with Crippen LogP contribution in [0.4, 0.5) is 5.82 Å². The van der Waals surface area contributed by atoms with E-state index >= 15 is 0 Å². The highest BCUT2D eigenvalue weighted by Gasteiger charge is 2.38. The summed E-state index contributed by atoms with van der Waals surface area (Å²) in [6.07, 6.45) is 4.76. The molecule has 154 valence electrons. The fourth-order valence-corrected chi connectivity index (χ4v) is 4.25. The summed E-state index contributed by atoms with van der Waals surface area (Å²) in [5, 5.41) is 10.7. The van der Waals surface area contributed by atoms with E-state index in [1.165, 1.54) is 12.8 Å². The number of nitrogens with zero attached hydrogens (tertiary/aromatic N) is 3. The quantitative estimate of drug-likeness (QED) is 0.816. The van der Waals surface area contributed by atoms with E-state index in [1.807, 2.05) is 59.8 Å². The van der Waals surface area contributed by atoms with Crippen LogP contribution in [0.25, 0.3) is 5.69 Å². The molecule has 1 aromatic heterocycles. The van der Waals surface area contributed by atoms with Crippen molar-refractivity contribution in [3.05, 3.63) is 42.1 Å². The maximum atomic E-state index is 12.9. The van der Waals surface area contributed by atoms with E-state index in [4.69, 9.17) is 5.10 Å². The minimum absolute atomic E-state index is 0.0469. The number of carbonyl (C=O) groups is 2. The summed E-state index contributed by atoms with van der Waals surface area (Å²) in [5.74, 6) is 0.958. The standard InChI is InChI=1S/C22H29N5O2/c1-22(2)21(29)23-12-13-26(22)15-20(28)24-19-14-18(16-8-6-7-9-16)25-27(19)17-10-4-3-5-11-17/h3-5,10-11,14,16H,6-9,12-13,15H2,1-2H3,(H,23,29)(H,24,28). The van der Waals surface area contributed by atoms with Gasteiger partial charge in [-0.3, -0.25) is 14.5 Å². The highest BCUT2D eigenvalue weighted by atomic mass is 16.2. The molecule has 1 saturated carbocycles. The van der Waals surface area contributed by atoms with Gasteiger partial charge in [0.25, 0.3) is 0 Å². The zero-order valence-corrected chi connectivity index (χ0v) is 17.1. The maximum Gasteiger partial charge on any atom is 0.240 e. The zero-order valence-electron chi connectivity index (χ0n) is 17.1. The summed E-state index contributed by atoms with van der Waals surface area (Å²) in [7, 11) is 0.